The summed E-state index contributed by atoms with van der Waals surface area (Å²) in [6.07, 6.45) is 8.33. The van der Waals surface area contributed by atoms with Crippen LogP contribution >= 0.6 is 0 Å². The Bertz CT molecular complexity index is 472. The zero-order valence-electron chi connectivity index (χ0n) is 11.2. The second-order valence-corrected chi connectivity index (χ2v) is 4.62. The van der Waals surface area contributed by atoms with Crippen LogP contribution in [0, 0.1) is 0 Å². The van der Waals surface area contributed by atoms with Gasteiger partial charge >= 0.3 is 0 Å². The monoisotopic (exact) mass is 256 g/mol. The first-order valence-corrected chi connectivity index (χ1v) is 6.50. The van der Waals surface area contributed by atoms with E-state index in [1.807, 2.05) is 24.7 Å². The largest absolute Gasteiger partial charge is 0.329 e. The summed E-state index contributed by atoms with van der Waals surface area (Å²) in [5.74, 6) is 0. The number of nitrogens with zero attached hydrogens (tertiary/aromatic N) is 3. The lowest BCUT2D eigenvalue weighted by atomic mass is 10.1. The predicted octanol–water partition coefficient (Wildman–Crippen LogP) is 1.65. The highest BCUT2D eigenvalue weighted by atomic mass is 15.1. The van der Waals surface area contributed by atoms with Crippen LogP contribution < -0.4 is 5.73 Å². The van der Waals surface area contributed by atoms with E-state index in [4.69, 9.17) is 5.73 Å². The number of hydrogen-bond acceptors (Lipinski definition) is 4. The standard InChI is InChI=1S/C15H20N4/c1-19(10-6-13-4-8-17-9-5-13)15(11-16)14-3-2-7-18-12-14/h2-5,7-9,12,15H,6,10-11,16H2,1H3. The van der Waals surface area contributed by atoms with E-state index in [-0.39, 0.29) is 6.04 Å². The van der Waals surface area contributed by atoms with Gasteiger partial charge in [0, 0.05) is 43.9 Å². The van der Waals surface area contributed by atoms with Crippen LogP contribution in [0.3, 0.4) is 0 Å². The van der Waals surface area contributed by atoms with Crippen molar-refractivity contribution in [3.05, 3.63) is 60.2 Å². The summed E-state index contributed by atoms with van der Waals surface area (Å²) in [5.41, 5.74) is 8.36. The molecule has 4 nitrogen and oxygen atoms in total. The maximum atomic E-state index is 5.90. The normalized spacial score (nSPS) is 12.6. The smallest absolute Gasteiger partial charge is 0.0482 e. The number of nitrogens with two attached hydrogens (primary N) is 1. The summed E-state index contributed by atoms with van der Waals surface area (Å²) in [6.45, 7) is 1.55. The lowest BCUT2D eigenvalue weighted by Gasteiger charge is -2.27. The van der Waals surface area contributed by atoms with Gasteiger partial charge in [0.25, 0.3) is 0 Å². The summed E-state index contributed by atoms with van der Waals surface area (Å²) in [6, 6.07) is 8.35. The molecule has 0 radical (unpaired) electrons. The molecule has 0 fully saturated rings. The van der Waals surface area contributed by atoms with Crippen LogP contribution in [0.5, 0.6) is 0 Å². The number of pyridine rings is 2. The molecule has 0 saturated heterocycles. The molecule has 0 bridgehead atoms. The van der Waals surface area contributed by atoms with Gasteiger partial charge in [-0.2, -0.15) is 0 Å². The fraction of sp³-hybridized carbons (Fsp3) is 0.333. The molecule has 0 aliphatic rings. The third kappa shape index (κ3) is 3.84. The van der Waals surface area contributed by atoms with Crippen LogP contribution in [0.4, 0.5) is 0 Å². The Labute approximate surface area is 114 Å². The minimum absolute atomic E-state index is 0.218. The Morgan fingerprint density at radius 1 is 1.16 bits per heavy atom. The van der Waals surface area contributed by atoms with Gasteiger partial charge in [0.1, 0.15) is 0 Å². The van der Waals surface area contributed by atoms with Crippen molar-refractivity contribution in [1.82, 2.24) is 14.9 Å². The van der Waals surface area contributed by atoms with Gasteiger partial charge in [-0.3, -0.25) is 14.9 Å². The van der Waals surface area contributed by atoms with E-state index in [0.717, 1.165) is 13.0 Å². The number of aromatic nitrogens is 2. The molecule has 0 aromatic carbocycles. The minimum Gasteiger partial charge on any atom is -0.329 e. The van der Waals surface area contributed by atoms with Gasteiger partial charge in [0.05, 0.1) is 0 Å². The molecule has 0 aliphatic carbocycles. The van der Waals surface area contributed by atoms with Gasteiger partial charge in [-0.05, 0) is 42.8 Å². The third-order valence-corrected chi connectivity index (χ3v) is 3.33. The zero-order valence-corrected chi connectivity index (χ0v) is 11.2. The summed E-state index contributed by atoms with van der Waals surface area (Å²) < 4.78 is 0. The van der Waals surface area contributed by atoms with Gasteiger partial charge < -0.3 is 5.73 Å². The number of rotatable bonds is 6. The summed E-state index contributed by atoms with van der Waals surface area (Å²) >= 11 is 0. The molecule has 2 heterocycles. The minimum atomic E-state index is 0.218. The lowest BCUT2D eigenvalue weighted by Crippen LogP contribution is -2.32. The Hall–Kier alpha value is -1.78. The van der Waals surface area contributed by atoms with E-state index in [9.17, 15) is 0 Å². The summed E-state index contributed by atoms with van der Waals surface area (Å²) in [7, 11) is 2.10. The van der Waals surface area contributed by atoms with Gasteiger partial charge in [0.2, 0.25) is 0 Å². The molecular weight excluding hydrogens is 236 g/mol. The SMILES string of the molecule is CN(CCc1ccncc1)C(CN)c1cccnc1. The van der Waals surface area contributed by atoms with E-state index < -0.39 is 0 Å². The zero-order chi connectivity index (χ0) is 13.5. The van der Waals surface area contributed by atoms with Crippen LogP contribution in [0.15, 0.2) is 49.1 Å². The van der Waals surface area contributed by atoms with E-state index >= 15 is 0 Å². The van der Waals surface area contributed by atoms with Crippen molar-refractivity contribution in [1.29, 1.82) is 0 Å². The van der Waals surface area contributed by atoms with Gasteiger partial charge in [-0.15, -0.1) is 0 Å². The van der Waals surface area contributed by atoms with Gasteiger partial charge in [-0.1, -0.05) is 6.07 Å². The molecule has 0 spiro atoms. The van der Waals surface area contributed by atoms with Crippen LogP contribution in [-0.4, -0.2) is 35.0 Å². The van der Waals surface area contributed by atoms with Crippen molar-refractivity contribution < 1.29 is 0 Å². The van der Waals surface area contributed by atoms with Crippen LogP contribution in [-0.2, 0) is 6.42 Å². The van der Waals surface area contributed by atoms with Crippen molar-refractivity contribution in [2.75, 3.05) is 20.1 Å². The molecule has 2 rings (SSSR count). The maximum absolute atomic E-state index is 5.90. The van der Waals surface area contributed by atoms with Gasteiger partial charge in [-0.25, -0.2) is 0 Å². The fourth-order valence-electron chi connectivity index (χ4n) is 2.15. The van der Waals surface area contributed by atoms with E-state index in [0.29, 0.717) is 6.54 Å². The Morgan fingerprint density at radius 3 is 2.58 bits per heavy atom. The lowest BCUT2D eigenvalue weighted by molar-refractivity contribution is 0.253. The third-order valence-electron chi connectivity index (χ3n) is 3.33. The molecule has 2 aromatic rings. The molecule has 1 unspecified atom stereocenters. The van der Waals surface area contributed by atoms with E-state index in [2.05, 4.69) is 40.1 Å². The molecule has 19 heavy (non-hydrogen) atoms. The topological polar surface area (TPSA) is 55.0 Å². The van der Waals surface area contributed by atoms with Crippen molar-refractivity contribution in [2.45, 2.75) is 12.5 Å². The second kappa shape index (κ2) is 6.97. The molecule has 100 valence electrons. The van der Waals surface area contributed by atoms with E-state index in [1.54, 1.807) is 6.20 Å². The first-order chi connectivity index (χ1) is 9.31. The van der Waals surface area contributed by atoms with Crippen molar-refractivity contribution >= 4 is 0 Å². The molecule has 0 aliphatic heterocycles. The molecule has 1 atom stereocenters. The molecule has 2 N–H and O–H groups in total. The molecule has 4 heteroatoms. The van der Waals surface area contributed by atoms with Gasteiger partial charge in [0.15, 0.2) is 0 Å². The molecule has 2 aromatic heterocycles. The summed E-state index contributed by atoms with van der Waals surface area (Å²) in [4.78, 5) is 10.5. The Balaban J connectivity index is 1.96. The van der Waals surface area contributed by atoms with Crippen LogP contribution in [0.1, 0.15) is 17.2 Å². The van der Waals surface area contributed by atoms with Crippen LogP contribution in [0.2, 0.25) is 0 Å². The maximum Gasteiger partial charge on any atom is 0.0482 e. The average molecular weight is 256 g/mol. The van der Waals surface area contributed by atoms with Crippen LogP contribution in [0.25, 0.3) is 0 Å². The quantitative estimate of drug-likeness (QED) is 0.854. The van der Waals surface area contributed by atoms with E-state index in [1.165, 1.54) is 11.1 Å². The van der Waals surface area contributed by atoms with Crippen molar-refractivity contribution in [3.8, 4) is 0 Å². The Morgan fingerprint density at radius 2 is 1.95 bits per heavy atom. The fourth-order valence-corrected chi connectivity index (χ4v) is 2.15. The second-order valence-electron chi connectivity index (χ2n) is 4.62. The summed E-state index contributed by atoms with van der Waals surface area (Å²) in [5, 5.41) is 0. The molecule has 0 saturated carbocycles. The number of likely N-dealkylation sites (N-methyl/N-ethyl adjacent to an activating group) is 1. The number of hydrogen-bond donors (Lipinski definition) is 1. The highest BCUT2D eigenvalue weighted by Gasteiger charge is 2.15. The first-order valence-electron chi connectivity index (χ1n) is 6.50. The molecular formula is C15H20N4. The first kappa shape index (κ1) is 13.6. The predicted molar refractivity (Wildman–Crippen MR) is 76.6 cm³/mol. The van der Waals surface area contributed by atoms with Crippen molar-refractivity contribution in [2.24, 2.45) is 5.73 Å². The highest BCUT2D eigenvalue weighted by molar-refractivity contribution is 5.15. The highest BCUT2D eigenvalue weighted by Crippen LogP contribution is 2.17. The average Bonchev–Trinajstić information content (AvgIpc) is 2.48. The molecule has 0 amide bonds. The van der Waals surface area contributed by atoms with Crippen molar-refractivity contribution in [3.63, 3.8) is 0 Å². The Kier molecular flexibility index (Phi) is 5.01.